The van der Waals surface area contributed by atoms with Gasteiger partial charge in [-0.15, -0.1) is 0 Å². The van der Waals surface area contributed by atoms with Gasteiger partial charge in [0.25, 0.3) is 0 Å². The lowest BCUT2D eigenvalue weighted by Gasteiger charge is -2.37. The minimum absolute atomic E-state index is 0.0267. The van der Waals surface area contributed by atoms with Crippen LogP contribution in [0.4, 0.5) is 0 Å². The van der Waals surface area contributed by atoms with Gasteiger partial charge >= 0.3 is 5.97 Å². The Bertz CT molecular complexity index is 885. The van der Waals surface area contributed by atoms with E-state index in [1.54, 1.807) is 24.3 Å². The standard InChI is InChI=1S/C20H20N2O4/c1-20(2)8-14(23)17-15(9-20)26-18(22)13(10-21)16(17)11-4-6-12(7-5-11)19(24)25-3/h4-7,16H,8-9,22H2,1-3H3/t16-/m0/s1. The molecule has 0 bridgehead atoms. The van der Waals surface area contributed by atoms with Crippen molar-refractivity contribution in [3.63, 3.8) is 0 Å². The molecule has 0 spiro atoms. The SMILES string of the molecule is COC(=O)c1ccc([C@H]2C(C#N)=C(N)OC3=C2C(=O)CC(C)(C)C3)cc1. The molecule has 0 aromatic heterocycles. The van der Waals surface area contributed by atoms with Crippen LogP contribution in [0.25, 0.3) is 0 Å². The largest absolute Gasteiger partial charge is 0.465 e. The number of nitrogens with two attached hydrogens (primary N) is 1. The Morgan fingerprint density at radius 3 is 2.54 bits per heavy atom. The van der Waals surface area contributed by atoms with E-state index in [1.807, 2.05) is 13.8 Å². The maximum atomic E-state index is 12.8. The topological polar surface area (TPSA) is 102 Å². The third kappa shape index (κ3) is 2.97. The average molecular weight is 352 g/mol. The zero-order valence-corrected chi connectivity index (χ0v) is 15.0. The molecule has 0 fully saturated rings. The van der Waals surface area contributed by atoms with E-state index in [0.29, 0.717) is 35.3 Å². The highest BCUT2D eigenvalue weighted by Crippen LogP contribution is 2.47. The Labute approximate surface area is 151 Å². The average Bonchev–Trinajstić information content (AvgIpc) is 2.59. The van der Waals surface area contributed by atoms with Crippen LogP contribution in [0.15, 0.2) is 47.1 Å². The molecule has 0 amide bonds. The highest BCUT2D eigenvalue weighted by Gasteiger charge is 2.42. The summed E-state index contributed by atoms with van der Waals surface area (Å²) in [6.07, 6.45) is 0.953. The number of benzene rings is 1. The summed E-state index contributed by atoms with van der Waals surface area (Å²) in [5.74, 6) is -0.518. The number of Topliss-reactive ketones (excluding diaryl/α,β-unsaturated/α-hetero) is 1. The molecule has 1 atom stereocenters. The van der Waals surface area contributed by atoms with Crippen molar-refractivity contribution >= 4 is 11.8 Å². The minimum Gasteiger partial charge on any atom is -0.465 e. The third-order valence-electron chi connectivity index (χ3n) is 4.74. The number of nitriles is 1. The quantitative estimate of drug-likeness (QED) is 0.821. The number of hydrogen-bond donors (Lipinski definition) is 1. The van der Waals surface area contributed by atoms with E-state index < -0.39 is 11.9 Å². The zero-order chi connectivity index (χ0) is 19.1. The molecule has 1 heterocycles. The summed E-state index contributed by atoms with van der Waals surface area (Å²) in [4.78, 5) is 24.5. The first-order valence-electron chi connectivity index (χ1n) is 8.29. The van der Waals surface area contributed by atoms with E-state index in [-0.39, 0.29) is 22.7 Å². The number of hydrogen-bond acceptors (Lipinski definition) is 6. The van der Waals surface area contributed by atoms with E-state index in [9.17, 15) is 14.9 Å². The maximum Gasteiger partial charge on any atom is 0.337 e. The second kappa shape index (κ2) is 6.34. The summed E-state index contributed by atoms with van der Waals surface area (Å²) in [7, 11) is 1.31. The van der Waals surface area contributed by atoms with E-state index >= 15 is 0 Å². The Morgan fingerprint density at radius 2 is 1.96 bits per heavy atom. The van der Waals surface area contributed by atoms with E-state index in [2.05, 4.69) is 6.07 Å². The van der Waals surface area contributed by atoms with E-state index in [1.165, 1.54) is 7.11 Å². The highest BCUT2D eigenvalue weighted by molar-refractivity contribution is 6.00. The van der Waals surface area contributed by atoms with Gasteiger partial charge in [0.2, 0.25) is 5.88 Å². The summed E-state index contributed by atoms with van der Waals surface area (Å²) >= 11 is 0. The fourth-order valence-electron chi connectivity index (χ4n) is 3.55. The first kappa shape index (κ1) is 17.7. The number of methoxy groups -OCH3 is 1. The van der Waals surface area contributed by atoms with E-state index in [4.69, 9.17) is 15.2 Å². The fourth-order valence-corrected chi connectivity index (χ4v) is 3.55. The van der Waals surface area contributed by atoms with Gasteiger partial charge in [-0.3, -0.25) is 4.79 Å². The number of ether oxygens (including phenoxy) is 2. The molecule has 1 aliphatic carbocycles. The van der Waals surface area contributed by atoms with Crippen LogP contribution >= 0.6 is 0 Å². The molecular formula is C20H20N2O4. The monoisotopic (exact) mass is 352 g/mol. The van der Waals surface area contributed by atoms with Gasteiger partial charge in [-0.05, 0) is 23.1 Å². The highest BCUT2D eigenvalue weighted by atomic mass is 16.5. The second-order valence-electron chi connectivity index (χ2n) is 7.32. The van der Waals surface area contributed by atoms with Crippen LogP contribution in [0.1, 0.15) is 48.5 Å². The molecule has 1 aliphatic heterocycles. The molecule has 134 valence electrons. The van der Waals surface area contributed by atoms with Gasteiger partial charge in [-0.2, -0.15) is 5.26 Å². The predicted molar refractivity (Wildman–Crippen MR) is 93.5 cm³/mol. The van der Waals surface area contributed by atoms with Crippen molar-refractivity contribution < 1.29 is 19.1 Å². The van der Waals surface area contributed by atoms with Crippen molar-refractivity contribution in [2.45, 2.75) is 32.6 Å². The van der Waals surface area contributed by atoms with Gasteiger partial charge in [0.15, 0.2) is 5.78 Å². The van der Waals surface area contributed by atoms with Crippen LogP contribution in [0.3, 0.4) is 0 Å². The molecule has 0 unspecified atom stereocenters. The first-order chi connectivity index (χ1) is 12.3. The molecule has 1 aromatic rings. The van der Waals surface area contributed by atoms with Crippen LogP contribution < -0.4 is 5.73 Å². The van der Waals surface area contributed by atoms with Gasteiger partial charge in [-0.1, -0.05) is 26.0 Å². The Hall–Kier alpha value is -3.07. The number of carbonyl (C=O) groups is 2. The number of ketones is 1. The van der Waals surface area contributed by atoms with Crippen molar-refractivity contribution in [1.29, 1.82) is 5.26 Å². The summed E-state index contributed by atoms with van der Waals surface area (Å²) in [5.41, 5.74) is 7.55. The second-order valence-corrected chi connectivity index (χ2v) is 7.32. The van der Waals surface area contributed by atoms with Crippen LogP contribution in [-0.4, -0.2) is 18.9 Å². The molecule has 0 radical (unpaired) electrons. The molecule has 3 rings (SSSR count). The van der Waals surface area contributed by atoms with Gasteiger partial charge < -0.3 is 15.2 Å². The third-order valence-corrected chi connectivity index (χ3v) is 4.74. The molecular weight excluding hydrogens is 332 g/mol. The first-order valence-corrected chi connectivity index (χ1v) is 8.29. The van der Waals surface area contributed by atoms with Crippen LogP contribution in [0, 0.1) is 16.7 Å². The molecule has 2 aliphatic rings. The Balaban J connectivity index is 2.11. The van der Waals surface area contributed by atoms with Crippen molar-refractivity contribution in [2.75, 3.05) is 7.11 Å². The van der Waals surface area contributed by atoms with Crippen molar-refractivity contribution in [3.8, 4) is 6.07 Å². The number of nitrogens with zero attached hydrogens (tertiary/aromatic N) is 1. The lowest BCUT2D eigenvalue weighted by Crippen LogP contribution is -2.33. The lowest BCUT2D eigenvalue weighted by molar-refractivity contribution is -0.119. The number of esters is 1. The summed E-state index contributed by atoms with van der Waals surface area (Å²) in [5, 5.41) is 9.58. The van der Waals surface area contributed by atoms with Gasteiger partial charge in [-0.25, -0.2) is 4.79 Å². The number of carbonyl (C=O) groups excluding carboxylic acids is 2. The minimum atomic E-state index is -0.584. The van der Waals surface area contributed by atoms with Gasteiger partial charge in [0.05, 0.1) is 18.6 Å². The predicted octanol–water partition coefficient (Wildman–Crippen LogP) is 2.92. The molecule has 6 nitrogen and oxygen atoms in total. The molecule has 0 saturated heterocycles. The van der Waals surface area contributed by atoms with Crippen molar-refractivity contribution in [1.82, 2.24) is 0 Å². The fraction of sp³-hybridized carbons (Fsp3) is 0.350. The lowest BCUT2D eigenvalue weighted by atomic mass is 9.70. The maximum absolute atomic E-state index is 12.8. The van der Waals surface area contributed by atoms with Crippen LogP contribution in [0.5, 0.6) is 0 Å². The molecule has 1 aromatic carbocycles. The summed E-state index contributed by atoms with van der Waals surface area (Å²) in [6.45, 7) is 4.00. The van der Waals surface area contributed by atoms with Crippen molar-refractivity contribution in [3.05, 3.63) is 58.2 Å². The molecule has 6 heteroatoms. The smallest absolute Gasteiger partial charge is 0.337 e. The Kier molecular flexibility index (Phi) is 4.33. The number of rotatable bonds is 2. The van der Waals surface area contributed by atoms with Gasteiger partial charge in [0, 0.05) is 18.4 Å². The molecule has 2 N–H and O–H groups in total. The summed E-state index contributed by atoms with van der Waals surface area (Å²) < 4.78 is 10.4. The van der Waals surface area contributed by atoms with Crippen molar-refractivity contribution in [2.24, 2.45) is 11.1 Å². The zero-order valence-electron chi connectivity index (χ0n) is 15.0. The van der Waals surface area contributed by atoms with Crippen LogP contribution in [0.2, 0.25) is 0 Å². The number of allylic oxidation sites excluding steroid dienone is 3. The van der Waals surface area contributed by atoms with E-state index in [0.717, 1.165) is 0 Å². The van der Waals surface area contributed by atoms with Gasteiger partial charge in [0.1, 0.15) is 17.4 Å². The molecule has 0 saturated carbocycles. The summed E-state index contributed by atoms with van der Waals surface area (Å²) in [6, 6.07) is 8.72. The normalized spacial score (nSPS) is 21.6. The molecule has 26 heavy (non-hydrogen) atoms. The van der Waals surface area contributed by atoms with Crippen LogP contribution in [-0.2, 0) is 14.3 Å². The Morgan fingerprint density at radius 1 is 1.31 bits per heavy atom.